The van der Waals surface area contributed by atoms with Crippen LogP contribution in [0.1, 0.15) is 27.1 Å². The van der Waals surface area contributed by atoms with Gasteiger partial charge in [-0.15, -0.1) is 11.8 Å². The molecule has 3 aromatic rings. The zero-order valence-corrected chi connectivity index (χ0v) is 16.6. The fraction of sp³-hybridized carbons (Fsp3) is 0.182. The van der Waals surface area contributed by atoms with Gasteiger partial charge in [0.25, 0.3) is 5.91 Å². The Bertz CT molecular complexity index is 1000. The number of amides is 2. The number of carbonyl (C=O) groups excluding carboxylic acids is 2. The van der Waals surface area contributed by atoms with Gasteiger partial charge in [-0.3, -0.25) is 9.59 Å². The summed E-state index contributed by atoms with van der Waals surface area (Å²) in [4.78, 5) is 26.6. The second-order valence-corrected chi connectivity index (χ2v) is 7.64. The van der Waals surface area contributed by atoms with Crippen LogP contribution in [0.4, 0.5) is 5.69 Å². The Balaban J connectivity index is 1.46. The van der Waals surface area contributed by atoms with Crippen LogP contribution in [0.25, 0.3) is 0 Å². The Hall–Kier alpha value is -3.19. The number of thioether (sulfide) groups is 1. The molecule has 0 spiro atoms. The summed E-state index contributed by atoms with van der Waals surface area (Å²) in [6, 6.07) is 18.2. The van der Waals surface area contributed by atoms with Gasteiger partial charge in [0, 0.05) is 17.3 Å². The lowest BCUT2D eigenvalue weighted by Gasteiger charge is -2.23. The van der Waals surface area contributed by atoms with Crippen LogP contribution in [0, 0.1) is 0 Å². The van der Waals surface area contributed by atoms with Gasteiger partial charge in [0.1, 0.15) is 16.9 Å². The van der Waals surface area contributed by atoms with Crippen LogP contribution < -0.4 is 10.1 Å². The third kappa shape index (κ3) is 4.30. The number of nitrogens with zero attached hydrogens (tertiary/aromatic N) is 1. The lowest BCUT2D eigenvalue weighted by Crippen LogP contribution is -2.27. The topological polar surface area (TPSA) is 71.8 Å². The van der Waals surface area contributed by atoms with Gasteiger partial charge in [-0.05, 0) is 42.0 Å². The summed E-state index contributed by atoms with van der Waals surface area (Å²) >= 11 is 1.57. The minimum Gasteiger partial charge on any atom is -0.497 e. The van der Waals surface area contributed by atoms with Crippen molar-refractivity contribution in [1.29, 1.82) is 0 Å². The summed E-state index contributed by atoms with van der Waals surface area (Å²) in [7, 11) is 1.58. The highest BCUT2D eigenvalue weighted by atomic mass is 32.2. The highest BCUT2D eigenvalue weighted by molar-refractivity contribution is 8.00. The summed E-state index contributed by atoms with van der Waals surface area (Å²) < 4.78 is 10.6. The Kier molecular flexibility index (Phi) is 5.57. The summed E-state index contributed by atoms with van der Waals surface area (Å²) in [6.45, 7) is 0.432. The molecule has 1 aromatic heterocycles. The van der Waals surface area contributed by atoms with Gasteiger partial charge in [0.2, 0.25) is 5.91 Å². The molecule has 1 N–H and O–H groups in total. The van der Waals surface area contributed by atoms with E-state index in [0.29, 0.717) is 29.3 Å². The second kappa shape index (κ2) is 8.45. The third-order valence-electron chi connectivity index (χ3n) is 4.66. The Morgan fingerprint density at radius 3 is 2.76 bits per heavy atom. The molecule has 4 rings (SSSR count). The maximum atomic E-state index is 12.5. The molecule has 1 unspecified atom stereocenters. The number of methoxy groups -OCH3 is 1. The van der Waals surface area contributed by atoms with Gasteiger partial charge < -0.3 is 19.4 Å². The molecule has 0 aliphatic carbocycles. The number of furan rings is 1. The minimum absolute atomic E-state index is 0.0799. The van der Waals surface area contributed by atoms with E-state index in [1.807, 2.05) is 42.5 Å². The first-order chi connectivity index (χ1) is 14.1. The maximum absolute atomic E-state index is 12.5. The molecule has 148 valence electrons. The number of ether oxygens (including phenoxy) is 1. The van der Waals surface area contributed by atoms with Crippen molar-refractivity contribution in [1.82, 2.24) is 4.90 Å². The number of benzene rings is 2. The monoisotopic (exact) mass is 408 g/mol. The van der Waals surface area contributed by atoms with Gasteiger partial charge in [0.15, 0.2) is 0 Å². The van der Waals surface area contributed by atoms with Gasteiger partial charge >= 0.3 is 0 Å². The van der Waals surface area contributed by atoms with Crippen molar-refractivity contribution in [3.63, 3.8) is 0 Å². The fourth-order valence-corrected chi connectivity index (χ4v) is 4.36. The lowest BCUT2D eigenvalue weighted by molar-refractivity contribution is -0.128. The molecule has 0 saturated carbocycles. The van der Waals surface area contributed by atoms with E-state index in [1.54, 1.807) is 48.2 Å². The van der Waals surface area contributed by atoms with Crippen molar-refractivity contribution in [2.75, 3.05) is 18.2 Å². The number of hydrogen-bond donors (Lipinski definition) is 1. The Morgan fingerprint density at radius 2 is 2.03 bits per heavy atom. The molecule has 1 fully saturated rings. The molecular weight excluding hydrogens is 388 g/mol. The highest BCUT2D eigenvalue weighted by Crippen LogP contribution is 2.39. The van der Waals surface area contributed by atoms with E-state index < -0.39 is 0 Å². The van der Waals surface area contributed by atoms with Crippen molar-refractivity contribution in [3.8, 4) is 5.75 Å². The molecule has 1 atom stereocenters. The zero-order chi connectivity index (χ0) is 20.2. The molecule has 0 radical (unpaired) electrons. The molecule has 7 heteroatoms. The normalized spacial score (nSPS) is 16.1. The van der Waals surface area contributed by atoms with Crippen LogP contribution in [-0.2, 0) is 11.3 Å². The van der Waals surface area contributed by atoms with Crippen LogP contribution in [0.5, 0.6) is 5.75 Å². The van der Waals surface area contributed by atoms with Crippen LogP contribution >= 0.6 is 11.8 Å². The van der Waals surface area contributed by atoms with E-state index in [2.05, 4.69) is 5.32 Å². The molecule has 6 nitrogen and oxygen atoms in total. The molecule has 1 aliphatic heterocycles. The van der Waals surface area contributed by atoms with Crippen molar-refractivity contribution in [2.24, 2.45) is 0 Å². The van der Waals surface area contributed by atoms with Gasteiger partial charge in [-0.2, -0.15) is 0 Å². The second-order valence-electron chi connectivity index (χ2n) is 6.57. The molecule has 1 saturated heterocycles. The molecule has 29 heavy (non-hydrogen) atoms. The average molecular weight is 408 g/mol. The van der Waals surface area contributed by atoms with E-state index in [-0.39, 0.29) is 17.2 Å². The van der Waals surface area contributed by atoms with Crippen LogP contribution in [0.2, 0.25) is 0 Å². The van der Waals surface area contributed by atoms with Gasteiger partial charge in [0.05, 0.1) is 25.7 Å². The van der Waals surface area contributed by atoms with Crippen LogP contribution in [0.15, 0.2) is 71.3 Å². The summed E-state index contributed by atoms with van der Waals surface area (Å²) in [5, 5.41) is 2.77. The predicted octanol–water partition coefficient (Wildman–Crippen LogP) is 4.31. The average Bonchev–Trinajstić information content (AvgIpc) is 3.39. The zero-order valence-electron chi connectivity index (χ0n) is 15.8. The first-order valence-electron chi connectivity index (χ1n) is 9.13. The smallest absolute Gasteiger partial charge is 0.255 e. The number of anilines is 1. The van der Waals surface area contributed by atoms with Crippen molar-refractivity contribution in [3.05, 3.63) is 83.8 Å². The van der Waals surface area contributed by atoms with Crippen molar-refractivity contribution < 1.29 is 18.7 Å². The molecule has 0 bridgehead atoms. The number of nitrogens with one attached hydrogen (secondary N) is 1. The summed E-state index contributed by atoms with van der Waals surface area (Å²) in [6.07, 6.45) is 1.60. The molecular formula is C22H20N2O4S. The first kappa shape index (κ1) is 19.1. The van der Waals surface area contributed by atoms with E-state index in [1.165, 1.54) is 0 Å². The SMILES string of the molecule is COc1cccc(NC(=O)c2ccc(C3SCC(=O)N3Cc3ccco3)cc2)c1. The molecule has 2 aromatic carbocycles. The minimum atomic E-state index is -0.201. The van der Waals surface area contributed by atoms with E-state index in [0.717, 1.165) is 11.3 Å². The number of rotatable bonds is 6. The largest absolute Gasteiger partial charge is 0.497 e. The fourth-order valence-electron chi connectivity index (χ4n) is 3.17. The standard InChI is InChI=1S/C22H20N2O4S/c1-27-18-5-2-4-17(12-18)23-21(26)15-7-9-16(10-8-15)22-24(20(25)14-29-22)13-19-6-3-11-28-19/h2-12,22H,13-14H2,1H3,(H,23,26). The number of carbonyl (C=O) groups is 2. The quantitative estimate of drug-likeness (QED) is 0.658. The predicted molar refractivity (Wildman–Crippen MR) is 112 cm³/mol. The first-order valence-corrected chi connectivity index (χ1v) is 10.2. The molecule has 2 amide bonds. The van der Waals surface area contributed by atoms with Gasteiger partial charge in [-0.25, -0.2) is 0 Å². The molecule has 2 heterocycles. The Labute approximate surface area is 172 Å². The Morgan fingerprint density at radius 1 is 1.21 bits per heavy atom. The lowest BCUT2D eigenvalue weighted by atomic mass is 10.1. The maximum Gasteiger partial charge on any atom is 0.255 e. The summed E-state index contributed by atoms with van der Waals surface area (Å²) in [5.74, 6) is 1.74. The van der Waals surface area contributed by atoms with E-state index in [9.17, 15) is 9.59 Å². The van der Waals surface area contributed by atoms with Gasteiger partial charge in [-0.1, -0.05) is 18.2 Å². The van der Waals surface area contributed by atoms with Crippen molar-refractivity contribution >= 4 is 29.3 Å². The van der Waals surface area contributed by atoms with E-state index >= 15 is 0 Å². The summed E-state index contributed by atoms with van der Waals surface area (Å²) in [5.41, 5.74) is 2.19. The number of hydrogen-bond acceptors (Lipinski definition) is 5. The van der Waals surface area contributed by atoms with Crippen molar-refractivity contribution in [2.45, 2.75) is 11.9 Å². The highest BCUT2D eigenvalue weighted by Gasteiger charge is 2.33. The van der Waals surface area contributed by atoms with Crippen LogP contribution in [-0.4, -0.2) is 29.6 Å². The third-order valence-corrected chi connectivity index (χ3v) is 5.92. The molecule has 1 aliphatic rings. The van der Waals surface area contributed by atoms with Crippen LogP contribution in [0.3, 0.4) is 0 Å². The van der Waals surface area contributed by atoms with E-state index in [4.69, 9.17) is 9.15 Å².